The van der Waals surface area contributed by atoms with E-state index in [0.717, 1.165) is 25.2 Å². The Kier molecular flexibility index (Phi) is 3.52. The van der Waals surface area contributed by atoms with Gasteiger partial charge in [0.05, 0.1) is 5.52 Å². The maximum absolute atomic E-state index is 4.49. The zero-order valence-corrected chi connectivity index (χ0v) is 13.7. The number of para-hydroxylation sites is 1. The summed E-state index contributed by atoms with van der Waals surface area (Å²) in [6.07, 6.45) is 5.94. The largest absolute Gasteiger partial charge is 0.370 e. The Morgan fingerprint density at radius 3 is 2.74 bits per heavy atom. The van der Waals surface area contributed by atoms with Gasteiger partial charge in [-0.05, 0) is 12.1 Å². The van der Waals surface area contributed by atoms with E-state index in [0.29, 0.717) is 11.8 Å². The quantitative estimate of drug-likeness (QED) is 0.737. The van der Waals surface area contributed by atoms with Crippen LogP contribution in [0.25, 0.3) is 10.9 Å². The fraction of sp³-hybridized carbons (Fsp3) is 0.368. The molecule has 0 saturated carbocycles. The van der Waals surface area contributed by atoms with Gasteiger partial charge in [0.1, 0.15) is 5.82 Å². The van der Waals surface area contributed by atoms with Gasteiger partial charge in [-0.25, -0.2) is 4.98 Å². The standard InChI is InChI=1S/C19H22N4/c1-14(2)19-21-9-10-22(19)11-15-12-23(13-15)18-7-8-20-17-6-4-3-5-16(17)18/h3-10,14-15H,11-13H2,1-2H3. The zero-order valence-electron chi connectivity index (χ0n) is 13.7. The number of benzene rings is 1. The molecule has 4 heteroatoms. The second kappa shape index (κ2) is 5.69. The van der Waals surface area contributed by atoms with Crippen LogP contribution < -0.4 is 4.90 Å². The number of anilines is 1. The first kappa shape index (κ1) is 14.2. The molecule has 1 aromatic carbocycles. The van der Waals surface area contributed by atoms with Crippen LogP contribution in [0.3, 0.4) is 0 Å². The summed E-state index contributed by atoms with van der Waals surface area (Å²) in [6.45, 7) is 7.67. The Bertz CT molecular complexity index is 810. The first-order valence-electron chi connectivity index (χ1n) is 8.32. The summed E-state index contributed by atoms with van der Waals surface area (Å²) in [5, 5.41) is 1.25. The minimum Gasteiger partial charge on any atom is -0.370 e. The molecule has 4 rings (SSSR count). The molecule has 0 atom stereocenters. The minimum atomic E-state index is 0.477. The summed E-state index contributed by atoms with van der Waals surface area (Å²) in [7, 11) is 0. The van der Waals surface area contributed by atoms with Gasteiger partial charge >= 0.3 is 0 Å². The molecule has 3 aromatic rings. The van der Waals surface area contributed by atoms with Crippen molar-refractivity contribution < 1.29 is 0 Å². The van der Waals surface area contributed by atoms with Crippen LogP contribution in [0.1, 0.15) is 25.6 Å². The normalized spacial score (nSPS) is 15.3. The fourth-order valence-corrected chi connectivity index (χ4v) is 3.49. The van der Waals surface area contributed by atoms with Crippen molar-refractivity contribution in [3.05, 3.63) is 54.7 Å². The highest BCUT2D eigenvalue weighted by Gasteiger charge is 2.28. The topological polar surface area (TPSA) is 34.0 Å². The molecule has 0 spiro atoms. The summed E-state index contributed by atoms with van der Waals surface area (Å²) >= 11 is 0. The second-order valence-electron chi connectivity index (χ2n) is 6.71. The molecule has 4 nitrogen and oxygen atoms in total. The number of hydrogen-bond acceptors (Lipinski definition) is 3. The van der Waals surface area contributed by atoms with E-state index in [-0.39, 0.29) is 0 Å². The Morgan fingerprint density at radius 2 is 1.91 bits per heavy atom. The third-order valence-electron chi connectivity index (χ3n) is 4.64. The molecule has 118 valence electrons. The Hall–Kier alpha value is -2.36. The van der Waals surface area contributed by atoms with Crippen molar-refractivity contribution in [3.63, 3.8) is 0 Å². The minimum absolute atomic E-state index is 0.477. The van der Waals surface area contributed by atoms with Crippen LogP contribution >= 0.6 is 0 Å². The fourth-order valence-electron chi connectivity index (χ4n) is 3.49. The molecule has 0 N–H and O–H groups in total. The second-order valence-corrected chi connectivity index (χ2v) is 6.71. The number of rotatable bonds is 4. The molecule has 1 fully saturated rings. The van der Waals surface area contributed by atoms with E-state index in [2.05, 4.69) is 63.7 Å². The van der Waals surface area contributed by atoms with Crippen molar-refractivity contribution in [1.29, 1.82) is 0 Å². The van der Waals surface area contributed by atoms with Gasteiger partial charge in [-0.3, -0.25) is 4.98 Å². The third kappa shape index (κ3) is 2.58. The molecule has 3 heterocycles. The summed E-state index contributed by atoms with van der Waals surface area (Å²) in [6, 6.07) is 10.5. The molecule has 0 aliphatic carbocycles. The molecule has 2 aromatic heterocycles. The highest BCUT2D eigenvalue weighted by Crippen LogP contribution is 2.31. The van der Waals surface area contributed by atoms with E-state index in [1.54, 1.807) is 0 Å². The lowest BCUT2D eigenvalue weighted by atomic mass is 9.98. The number of hydrogen-bond donors (Lipinski definition) is 0. The van der Waals surface area contributed by atoms with Crippen LogP contribution in [0, 0.1) is 5.92 Å². The number of aromatic nitrogens is 3. The van der Waals surface area contributed by atoms with Gasteiger partial charge in [-0.1, -0.05) is 32.0 Å². The Labute approximate surface area is 136 Å². The van der Waals surface area contributed by atoms with Gasteiger partial charge < -0.3 is 9.47 Å². The van der Waals surface area contributed by atoms with Crippen LogP contribution in [0.2, 0.25) is 0 Å². The van der Waals surface area contributed by atoms with Gasteiger partial charge in [-0.15, -0.1) is 0 Å². The van der Waals surface area contributed by atoms with E-state index >= 15 is 0 Å². The smallest absolute Gasteiger partial charge is 0.111 e. The summed E-state index contributed by atoms with van der Waals surface area (Å²) in [5.41, 5.74) is 2.38. The molecule has 1 aliphatic heterocycles. The molecular weight excluding hydrogens is 284 g/mol. The van der Waals surface area contributed by atoms with Crippen LogP contribution in [0.5, 0.6) is 0 Å². The SMILES string of the molecule is CC(C)c1nccn1CC1CN(c2ccnc3ccccc23)C1. The lowest BCUT2D eigenvalue weighted by molar-refractivity contribution is 0.351. The number of pyridine rings is 1. The zero-order chi connectivity index (χ0) is 15.8. The Balaban J connectivity index is 1.48. The van der Waals surface area contributed by atoms with Crippen molar-refractivity contribution in [2.75, 3.05) is 18.0 Å². The van der Waals surface area contributed by atoms with Crippen LogP contribution in [0.4, 0.5) is 5.69 Å². The predicted molar refractivity (Wildman–Crippen MR) is 93.8 cm³/mol. The van der Waals surface area contributed by atoms with Crippen molar-refractivity contribution in [3.8, 4) is 0 Å². The number of nitrogens with zero attached hydrogens (tertiary/aromatic N) is 4. The van der Waals surface area contributed by atoms with E-state index in [1.807, 2.05) is 18.5 Å². The molecule has 1 saturated heterocycles. The number of imidazole rings is 1. The van der Waals surface area contributed by atoms with Gasteiger partial charge in [0.15, 0.2) is 0 Å². The molecular formula is C19H22N4. The van der Waals surface area contributed by atoms with Crippen LogP contribution in [-0.4, -0.2) is 27.6 Å². The van der Waals surface area contributed by atoms with Gasteiger partial charge in [0.2, 0.25) is 0 Å². The van der Waals surface area contributed by atoms with Gasteiger partial charge in [-0.2, -0.15) is 0 Å². The molecule has 0 bridgehead atoms. The molecule has 1 aliphatic rings. The monoisotopic (exact) mass is 306 g/mol. The van der Waals surface area contributed by atoms with Gasteiger partial charge in [0, 0.05) is 61.1 Å². The van der Waals surface area contributed by atoms with E-state index in [9.17, 15) is 0 Å². The van der Waals surface area contributed by atoms with E-state index < -0.39 is 0 Å². The average Bonchev–Trinajstić information content (AvgIpc) is 2.98. The summed E-state index contributed by atoms with van der Waals surface area (Å²) < 4.78 is 2.32. The van der Waals surface area contributed by atoms with Gasteiger partial charge in [0.25, 0.3) is 0 Å². The average molecular weight is 306 g/mol. The maximum atomic E-state index is 4.49. The van der Waals surface area contributed by atoms with E-state index in [1.165, 1.54) is 16.9 Å². The lowest BCUT2D eigenvalue weighted by Crippen LogP contribution is -2.48. The first-order valence-corrected chi connectivity index (χ1v) is 8.32. The number of fused-ring (bicyclic) bond motifs is 1. The summed E-state index contributed by atoms with van der Waals surface area (Å²) in [5.74, 6) is 2.36. The first-order chi connectivity index (χ1) is 11.2. The molecule has 0 amide bonds. The van der Waals surface area contributed by atoms with Crippen molar-refractivity contribution in [2.24, 2.45) is 5.92 Å². The van der Waals surface area contributed by atoms with Crippen LogP contribution in [-0.2, 0) is 6.54 Å². The Morgan fingerprint density at radius 1 is 1.09 bits per heavy atom. The highest BCUT2D eigenvalue weighted by molar-refractivity contribution is 5.91. The lowest BCUT2D eigenvalue weighted by Gasteiger charge is -2.42. The van der Waals surface area contributed by atoms with Crippen LogP contribution in [0.15, 0.2) is 48.9 Å². The third-order valence-corrected chi connectivity index (χ3v) is 4.64. The van der Waals surface area contributed by atoms with Crippen molar-refractivity contribution >= 4 is 16.6 Å². The molecule has 0 unspecified atom stereocenters. The van der Waals surface area contributed by atoms with Crippen molar-refractivity contribution in [1.82, 2.24) is 14.5 Å². The molecule has 0 radical (unpaired) electrons. The maximum Gasteiger partial charge on any atom is 0.111 e. The van der Waals surface area contributed by atoms with E-state index in [4.69, 9.17) is 0 Å². The predicted octanol–water partition coefficient (Wildman–Crippen LogP) is 3.69. The highest BCUT2D eigenvalue weighted by atomic mass is 15.2. The van der Waals surface area contributed by atoms with Crippen molar-refractivity contribution in [2.45, 2.75) is 26.3 Å². The summed E-state index contributed by atoms with van der Waals surface area (Å²) in [4.78, 5) is 11.4. The molecule has 23 heavy (non-hydrogen) atoms.